The van der Waals surface area contributed by atoms with Crippen LogP contribution in [0.5, 0.6) is 0 Å². The third-order valence-corrected chi connectivity index (χ3v) is 6.31. The van der Waals surface area contributed by atoms with Gasteiger partial charge in [0.1, 0.15) is 0 Å². The highest BCUT2D eigenvalue weighted by atomic mass is 16.1. The molecule has 1 fully saturated rings. The van der Waals surface area contributed by atoms with Gasteiger partial charge in [-0.1, -0.05) is 24.3 Å². The molecule has 1 aliphatic rings. The molecule has 1 aromatic carbocycles. The number of carbonyl (C=O) groups excluding carboxylic acids is 1. The molecule has 0 aliphatic carbocycles. The Labute approximate surface area is 184 Å². The van der Waals surface area contributed by atoms with Crippen molar-refractivity contribution in [3.8, 4) is 0 Å². The van der Waals surface area contributed by atoms with Crippen LogP contribution in [0.15, 0.2) is 61.2 Å². The maximum Gasteiger partial charge on any atom is 0.252 e. The normalized spacial score (nSPS) is 16.2. The molecule has 0 unspecified atom stereocenters. The highest BCUT2D eigenvalue weighted by Crippen LogP contribution is 2.31. The van der Waals surface area contributed by atoms with Gasteiger partial charge in [0.25, 0.3) is 5.91 Å². The number of aromatic nitrogens is 3. The number of benzene rings is 1. The highest BCUT2D eigenvalue weighted by Gasteiger charge is 2.30. The van der Waals surface area contributed by atoms with Crippen molar-refractivity contribution in [1.29, 1.82) is 0 Å². The SMILES string of the molecule is CCn1cncc1CN1CCC([C@H](NC(=O)c2ccccc2C)c2ccccn2)CC1. The second-order valence-corrected chi connectivity index (χ2v) is 8.31. The molecule has 3 aromatic rings. The van der Waals surface area contributed by atoms with Gasteiger partial charge in [0.05, 0.1) is 23.8 Å². The van der Waals surface area contributed by atoms with Gasteiger partial charge in [-0.15, -0.1) is 0 Å². The lowest BCUT2D eigenvalue weighted by Crippen LogP contribution is -2.41. The van der Waals surface area contributed by atoms with Crippen molar-refractivity contribution in [1.82, 2.24) is 24.8 Å². The van der Waals surface area contributed by atoms with Gasteiger partial charge in [0, 0.05) is 31.0 Å². The number of pyridine rings is 1. The predicted molar refractivity (Wildman–Crippen MR) is 122 cm³/mol. The van der Waals surface area contributed by atoms with Crippen molar-refractivity contribution in [2.75, 3.05) is 13.1 Å². The summed E-state index contributed by atoms with van der Waals surface area (Å²) in [4.78, 5) is 24.4. The minimum Gasteiger partial charge on any atom is -0.343 e. The lowest BCUT2D eigenvalue weighted by molar-refractivity contribution is 0.0886. The fraction of sp³-hybridized carbons (Fsp3) is 0.400. The smallest absolute Gasteiger partial charge is 0.252 e. The molecule has 1 amide bonds. The third kappa shape index (κ3) is 5.02. The van der Waals surface area contributed by atoms with Gasteiger partial charge in [-0.25, -0.2) is 4.98 Å². The zero-order chi connectivity index (χ0) is 21.6. The van der Waals surface area contributed by atoms with Gasteiger partial charge in [0.2, 0.25) is 0 Å². The number of carbonyl (C=O) groups is 1. The molecule has 3 heterocycles. The summed E-state index contributed by atoms with van der Waals surface area (Å²) < 4.78 is 2.20. The predicted octanol–water partition coefficient (Wildman–Crippen LogP) is 3.99. The maximum absolute atomic E-state index is 13.1. The molecule has 6 heteroatoms. The summed E-state index contributed by atoms with van der Waals surface area (Å²) >= 11 is 0. The minimum absolute atomic E-state index is 0.0250. The number of hydrogen-bond donors (Lipinski definition) is 1. The van der Waals surface area contributed by atoms with Gasteiger partial charge >= 0.3 is 0 Å². The molecule has 2 aromatic heterocycles. The molecule has 162 valence electrons. The Morgan fingerprint density at radius 2 is 1.94 bits per heavy atom. The van der Waals surface area contributed by atoms with E-state index in [0.717, 1.165) is 55.8 Å². The number of piperidine rings is 1. The summed E-state index contributed by atoms with van der Waals surface area (Å²) in [6.45, 7) is 7.99. The molecule has 1 aliphatic heterocycles. The Bertz CT molecular complexity index is 992. The molecule has 31 heavy (non-hydrogen) atoms. The van der Waals surface area contributed by atoms with Crippen LogP contribution >= 0.6 is 0 Å². The van der Waals surface area contributed by atoms with Crippen molar-refractivity contribution in [3.05, 3.63) is 83.7 Å². The fourth-order valence-electron chi connectivity index (χ4n) is 4.48. The Hall–Kier alpha value is -2.99. The molecule has 4 rings (SSSR count). The molecule has 0 radical (unpaired) electrons. The third-order valence-electron chi connectivity index (χ3n) is 6.31. The largest absolute Gasteiger partial charge is 0.343 e. The van der Waals surface area contributed by atoms with E-state index in [0.29, 0.717) is 5.92 Å². The minimum atomic E-state index is -0.0865. The van der Waals surface area contributed by atoms with E-state index in [-0.39, 0.29) is 11.9 Å². The van der Waals surface area contributed by atoms with Crippen LogP contribution in [0, 0.1) is 12.8 Å². The quantitative estimate of drug-likeness (QED) is 0.631. The second-order valence-electron chi connectivity index (χ2n) is 8.31. The van der Waals surface area contributed by atoms with Crippen molar-refractivity contribution in [2.45, 2.75) is 45.8 Å². The fourth-order valence-corrected chi connectivity index (χ4v) is 4.48. The lowest BCUT2D eigenvalue weighted by atomic mass is 9.87. The zero-order valence-corrected chi connectivity index (χ0v) is 18.4. The summed E-state index contributed by atoms with van der Waals surface area (Å²) in [6, 6.07) is 13.6. The maximum atomic E-state index is 13.1. The van der Waals surface area contributed by atoms with Crippen LogP contribution in [0.2, 0.25) is 0 Å². The molecule has 0 saturated carbocycles. The van der Waals surface area contributed by atoms with E-state index in [1.807, 2.05) is 68.1 Å². The van der Waals surface area contributed by atoms with Gasteiger partial charge < -0.3 is 9.88 Å². The van der Waals surface area contributed by atoms with E-state index in [1.165, 1.54) is 5.69 Å². The Morgan fingerprint density at radius 3 is 2.65 bits per heavy atom. The van der Waals surface area contributed by atoms with Crippen LogP contribution in [0.3, 0.4) is 0 Å². The first kappa shape index (κ1) is 21.2. The van der Waals surface area contributed by atoms with Gasteiger partial charge in [-0.3, -0.25) is 14.7 Å². The number of nitrogens with one attached hydrogen (secondary N) is 1. The summed E-state index contributed by atoms with van der Waals surface area (Å²) in [7, 11) is 0. The van der Waals surface area contributed by atoms with E-state index in [9.17, 15) is 4.79 Å². The van der Waals surface area contributed by atoms with Crippen LogP contribution in [0.1, 0.15) is 53.1 Å². The van der Waals surface area contributed by atoms with Gasteiger partial charge in [0.15, 0.2) is 0 Å². The summed E-state index contributed by atoms with van der Waals surface area (Å²) in [6.07, 6.45) is 7.73. The molecule has 0 spiro atoms. The van der Waals surface area contributed by atoms with Crippen LogP contribution in [-0.4, -0.2) is 38.4 Å². The van der Waals surface area contributed by atoms with Crippen LogP contribution in [-0.2, 0) is 13.1 Å². The molecular weight excluding hydrogens is 386 g/mol. The second kappa shape index (κ2) is 9.88. The number of hydrogen-bond acceptors (Lipinski definition) is 4. The molecule has 1 N–H and O–H groups in total. The molecule has 1 saturated heterocycles. The average Bonchev–Trinajstić information content (AvgIpc) is 3.26. The molecule has 6 nitrogen and oxygen atoms in total. The number of imidazole rings is 1. The van der Waals surface area contributed by atoms with Crippen molar-refractivity contribution in [3.63, 3.8) is 0 Å². The Balaban J connectivity index is 1.46. The first-order chi connectivity index (χ1) is 15.2. The van der Waals surface area contributed by atoms with Gasteiger partial charge in [-0.2, -0.15) is 0 Å². The molecule has 0 bridgehead atoms. The zero-order valence-electron chi connectivity index (χ0n) is 18.4. The Kier molecular flexibility index (Phi) is 6.77. The van der Waals surface area contributed by atoms with Crippen LogP contribution < -0.4 is 5.32 Å². The number of likely N-dealkylation sites (tertiary alicyclic amines) is 1. The molecular formula is C25H31N5O. The Morgan fingerprint density at radius 1 is 1.16 bits per heavy atom. The number of rotatable bonds is 7. The van der Waals surface area contributed by atoms with Crippen molar-refractivity contribution >= 4 is 5.91 Å². The average molecular weight is 418 g/mol. The highest BCUT2D eigenvalue weighted by molar-refractivity contribution is 5.95. The van der Waals surface area contributed by atoms with Crippen molar-refractivity contribution < 1.29 is 4.79 Å². The number of aryl methyl sites for hydroxylation is 2. The first-order valence-electron chi connectivity index (χ1n) is 11.1. The van der Waals surface area contributed by atoms with E-state index in [1.54, 1.807) is 0 Å². The lowest BCUT2D eigenvalue weighted by Gasteiger charge is -2.36. The monoisotopic (exact) mass is 417 g/mol. The van der Waals surface area contributed by atoms with Gasteiger partial charge in [-0.05, 0) is 69.5 Å². The topological polar surface area (TPSA) is 63.1 Å². The van der Waals surface area contributed by atoms with Crippen LogP contribution in [0.25, 0.3) is 0 Å². The number of nitrogens with zero attached hydrogens (tertiary/aromatic N) is 4. The standard InChI is InChI=1S/C25H31N5O/c1-3-30-18-26-16-21(30)17-29-14-11-20(12-15-29)24(23-10-6-7-13-27-23)28-25(31)22-9-5-4-8-19(22)2/h4-10,13,16,18,20,24H,3,11-12,14-15,17H2,1-2H3,(H,28,31)/t24-/m0/s1. The summed E-state index contributed by atoms with van der Waals surface area (Å²) in [5, 5.41) is 3.30. The van der Waals surface area contributed by atoms with E-state index in [4.69, 9.17) is 0 Å². The van der Waals surface area contributed by atoms with E-state index >= 15 is 0 Å². The summed E-state index contributed by atoms with van der Waals surface area (Å²) in [5.41, 5.74) is 3.91. The summed E-state index contributed by atoms with van der Waals surface area (Å²) in [5.74, 6) is 0.332. The van der Waals surface area contributed by atoms with Crippen molar-refractivity contribution in [2.24, 2.45) is 5.92 Å². The number of amides is 1. The first-order valence-corrected chi connectivity index (χ1v) is 11.1. The molecule has 1 atom stereocenters. The van der Waals surface area contributed by atoms with Crippen LogP contribution in [0.4, 0.5) is 0 Å². The van der Waals surface area contributed by atoms with E-state index < -0.39 is 0 Å². The van der Waals surface area contributed by atoms with E-state index in [2.05, 4.69) is 31.7 Å².